The van der Waals surface area contributed by atoms with Crippen molar-refractivity contribution in [1.82, 2.24) is 0 Å². The number of halogens is 3. The second kappa shape index (κ2) is 5.89. The van der Waals surface area contributed by atoms with Gasteiger partial charge in [-0.2, -0.15) is 0 Å². The first-order chi connectivity index (χ1) is 9.10. The quantitative estimate of drug-likeness (QED) is 0.901. The molecule has 2 aromatic rings. The highest BCUT2D eigenvalue weighted by atomic mass is 19.1. The van der Waals surface area contributed by atoms with E-state index in [1.165, 1.54) is 18.2 Å². The predicted octanol–water partition coefficient (Wildman–Crippen LogP) is 3.39. The molecule has 0 saturated heterocycles. The van der Waals surface area contributed by atoms with E-state index >= 15 is 0 Å². The SMILES string of the molecule is NCC(Cc1cc(F)cc(F)c1)c1ccccc1F. The van der Waals surface area contributed by atoms with Crippen molar-refractivity contribution in [2.24, 2.45) is 5.73 Å². The summed E-state index contributed by atoms with van der Waals surface area (Å²) in [5, 5.41) is 0. The van der Waals surface area contributed by atoms with Gasteiger partial charge < -0.3 is 5.73 Å². The standard InChI is InChI=1S/C15H14F3N/c16-12-6-10(7-13(17)8-12)5-11(9-19)14-3-1-2-4-15(14)18/h1-4,6-8,11H,5,9,19H2. The van der Waals surface area contributed by atoms with Gasteiger partial charge in [-0.25, -0.2) is 13.2 Å². The first-order valence-electron chi connectivity index (χ1n) is 5.99. The lowest BCUT2D eigenvalue weighted by atomic mass is 9.91. The first kappa shape index (κ1) is 13.6. The third-order valence-electron chi connectivity index (χ3n) is 3.03. The zero-order chi connectivity index (χ0) is 13.8. The monoisotopic (exact) mass is 265 g/mol. The Bertz CT molecular complexity index is 549. The van der Waals surface area contributed by atoms with Crippen LogP contribution < -0.4 is 5.73 Å². The molecule has 0 aliphatic carbocycles. The van der Waals surface area contributed by atoms with Crippen LogP contribution in [-0.2, 0) is 6.42 Å². The van der Waals surface area contributed by atoms with Crippen LogP contribution in [0.25, 0.3) is 0 Å². The van der Waals surface area contributed by atoms with Gasteiger partial charge >= 0.3 is 0 Å². The van der Waals surface area contributed by atoms with Crippen molar-refractivity contribution in [2.45, 2.75) is 12.3 Å². The molecule has 2 N–H and O–H groups in total. The van der Waals surface area contributed by atoms with Crippen molar-refractivity contribution in [3.63, 3.8) is 0 Å². The summed E-state index contributed by atoms with van der Waals surface area (Å²) in [6, 6.07) is 9.59. The van der Waals surface area contributed by atoms with Gasteiger partial charge in [0.15, 0.2) is 0 Å². The highest BCUT2D eigenvalue weighted by Crippen LogP contribution is 2.23. The van der Waals surface area contributed by atoms with E-state index in [1.807, 2.05) is 0 Å². The van der Waals surface area contributed by atoms with E-state index in [9.17, 15) is 13.2 Å². The largest absolute Gasteiger partial charge is 0.330 e. The molecular weight excluding hydrogens is 251 g/mol. The molecule has 0 spiro atoms. The van der Waals surface area contributed by atoms with Crippen LogP contribution in [0.15, 0.2) is 42.5 Å². The molecule has 19 heavy (non-hydrogen) atoms. The van der Waals surface area contributed by atoms with Gasteiger partial charge in [-0.05, 0) is 42.3 Å². The third kappa shape index (κ3) is 3.35. The summed E-state index contributed by atoms with van der Waals surface area (Å²) in [7, 11) is 0. The normalized spacial score (nSPS) is 12.4. The van der Waals surface area contributed by atoms with Crippen LogP contribution in [-0.4, -0.2) is 6.54 Å². The van der Waals surface area contributed by atoms with Crippen molar-refractivity contribution >= 4 is 0 Å². The smallest absolute Gasteiger partial charge is 0.126 e. The minimum Gasteiger partial charge on any atom is -0.330 e. The fraction of sp³-hybridized carbons (Fsp3) is 0.200. The van der Waals surface area contributed by atoms with Crippen molar-refractivity contribution in [2.75, 3.05) is 6.54 Å². The molecule has 4 heteroatoms. The summed E-state index contributed by atoms with van der Waals surface area (Å²) in [5.74, 6) is -1.93. The van der Waals surface area contributed by atoms with E-state index in [-0.39, 0.29) is 18.3 Å². The summed E-state index contributed by atoms with van der Waals surface area (Å²) in [6.45, 7) is 0.207. The van der Waals surface area contributed by atoms with Crippen molar-refractivity contribution in [3.05, 3.63) is 71.0 Å². The van der Waals surface area contributed by atoms with E-state index in [4.69, 9.17) is 5.73 Å². The minimum absolute atomic E-state index is 0.207. The van der Waals surface area contributed by atoms with Crippen molar-refractivity contribution in [1.29, 1.82) is 0 Å². The number of benzene rings is 2. The zero-order valence-corrected chi connectivity index (χ0v) is 10.2. The summed E-state index contributed by atoms with van der Waals surface area (Å²) in [6.07, 6.45) is 0.298. The Morgan fingerprint density at radius 2 is 1.58 bits per heavy atom. The summed E-state index contributed by atoms with van der Waals surface area (Å²) in [4.78, 5) is 0. The molecule has 0 saturated carbocycles. The molecule has 2 rings (SSSR count). The molecule has 0 bridgehead atoms. The van der Waals surface area contributed by atoms with Gasteiger partial charge in [-0.15, -0.1) is 0 Å². The second-order valence-corrected chi connectivity index (χ2v) is 4.44. The molecule has 0 radical (unpaired) electrons. The predicted molar refractivity (Wildman–Crippen MR) is 68.3 cm³/mol. The zero-order valence-electron chi connectivity index (χ0n) is 10.2. The fourth-order valence-corrected chi connectivity index (χ4v) is 2.14. The Hall–Kier alpha value is -1.81. The molecule has 100 valence electrons. The van der Waals surface area contributed by atoms with E-state index < -0.39 is 11.6 Å². The Morgan fingerprint density at radius 1 is 0.947 bits per heavy atom. The molecular formula is C15H14F3N. The third-order valence-corrected chi connectivity index (χ3v) is 3.03. The highest BCUT2D eigenvalue weighted by Gasteiger charge is 2.15. The topological polar surface area (TPSA) is 26.0 Å². The number of hydrogen-bond donors (Lipinski definition) is 1. The average molecular weight is 265 g/mol. The molecule has 0 aliphatic rings. The maximum atomic E-state index is 13.7. The average Bonchev–Trinajstić information content (AvgIpc) is 2.36. The van der Waals surface area contributed by atoms with Gasteiger partial charge in [-0.3, -0.25) is 0 Å². The van der Waals surface area contributed by atoms with Gasteiger partial charge in [0.2, 0.25) is 0 Å². The Balaban J connectivity index is 2.26. The van der Waals surface area contributed by atoms with E-state index in [0.717, 1.165) is 6.07 Å². The van der Waals surface area contributed by atoms with Gasteiger partial charge in [0, 0.05) is 12.0 Å². The van der Waals surface area contributed by atoms with Crippen LogP contribution in [0.3, 0.4) is 0 Å². The maximum Gasteiger partial charge on any atom is 0.126 e. The Morgan fingerprint density at radius 3 is 2.16 bits per heavy atom. The van der Waals surface area contributed by atoms with Gasteiger partial charge in [0.1, 0.15) is 17.5 Å². The van der Waals surface area contributed by atoms with Crippen molar-refractivity contribution < 1.29 is 13.2 Å². The van der Waals surface area contributed by atoms with Gasteiger partial charge in [0.05, 0.1) is 0 Å². The number of hydrogen-bond acceptors (Lipinski definition) is 1. The number of nitrogens with two attached hydrogens (primary N) is 1. The molecule has 2 aromatic carbocycles. The molecule has 0 heterocycles. The van der Waals surface area contributed by atoms with Crippen LogP contribution in [0.4, 0.5) is 13.2 Å². The minimum atomic E-state index is -0.640. The molecule has 1 nitrogen and oxygen atoms in total. The summed E-state index contributed by atoms with van der Waals surface area (Å²) in [5.41, 5.74) is 6.58. The number of rotatable bonds is 4. The molecule has 0 aliphatic heterocycles. The lowest BCUT2D eigenvalue weighted by Gasteiger charge is -2.16. The van der Waals surface area contributed by atoms with Crippen LogP contribution in [0.5, 0.6) is 0 Å². The molecule has 1 atom stereocenters. The van der Waals surface area contributed by atoms with Crippen LogP contribution in [0.1, 0.15) is 17.0 Å². The van der Waals surface area contributed by atoms with Crippen LogP contribution in [0.2, 0.25) is 0 Å². The van der Waals surface area contributed by atoms with Crippen LogP contribution in [0, 0.1) is 17.5 Å². The van der Waals surface area contributed by atoms with E-state index in [0.29, 0.717) is 17.5 Å². The Kier molecular flexibility index (Phi) is 4.22. The first-order valence-corrected chi connectivity index (χ1v) is 5.99. The van der Waals surface area contributed by atoms with E-state index in [2.05, 4.69) is 0 Å². The summed E-state index contributed by atoms with van der Waals surface area (Å²) < 4.78 is 39.9. The fourth-order valence-electron chi connectivity index (χ4n) is 2.14. The molecule has 0 fully saturated rings. The molecule has 1 unspecified atom stereocenters. The highest BCUT2D eigenvalue weighted by molar-refractivity contribution is 5.26. The van der Waals surface area contributed by atoms with Gasteiger partial charge in [-0.1, -0.05) is 18.2 Å². The second-order valence-electron chi connectivity index (χ2n) is 4.44. The maximum absolute atomic E-state index is 13.7. The lowest BCUT2D eigenvalue weighted by Crippen LogP contribution is -2.16. The van der Waals surface area contributed by atoms with Crippen LogP contribution >= 0.6 is 0 Å². The van der Waals surface area contributed by atoms with Crippen molar-refractivity contribution in [3.8, 4) is 0 Å². The van der Waals surface area contributed by atoms with E-state index in [1.54, 1.807) is 18.2 Å². The summed E-state index contributed by atoms with van der Waals surface area (Å²) >= 11 is 0. The molecule has 0 aromatic heterocycles. The molecule has 0 amide bonds. The van der Waals surface area contributed by atoms with Gasteiger partial charge in [0.25, 0.3) is 0 Å². The lowest BCUT2D eigenvalue weighted by molar-refractivity contribution is 0.563. The Labute approximate surface area is 109 Å².